The smallest absolute Gasteiger partial charge is 0.0693 e. The van der Waals surface area contributed by atoms with E-state index in [0.29, 0.717) is 17.9 Å². The van der Waals surface area contributed by atoms with Gasteiger partial charge < -0.3 is 4.74 Å². The van der Waals surface area contributed by atoms with E-state index in [4.69, 9.17) is 4.74 Å². The summed E-state index contributed by atoms with van der Waals surface area (Å²) in [5.41, 5.74) is 6.00. The van der Waals surface area contributed by atoms with Gasteiger partial charge in [-0.3, -0.25) is 0 Å². The van der Waals surface area contributed by atoms with Crippen LogP contribution < -0.4 is 0 Å². The van der Waals surface area contributed by atoms with E-state index in [1.54, 1.807) is 0 Å². The Labute approximate surface area is 114 Å². The number of fused-ring (bicyclic) bond motifs is 1. The van der Waals surface area contributed by atoms with Gasteiger partial charge in [0.05, 0.1) is 6.10 Å². The molecule has 1 atom stereocenters. The van der Waals surface area contributed by atoms with Crippen LogP contribution in [0.3, 0.4) is 0 Å². The van der Waals surface area contributed by atoms with Crippen molar-refractivity contribution in [3.05, 3.63) is 70.8 Å². The second-order valence-corrected chi connectivity index (χ2v) is 5.52. The lowest BCUT2D eigenvalue weighted by molar-refractivity contribution is 0.0317. The van der Waals surface area contributed by atoms with Crippen molar-refractivity contribution in [2.24, 2.45) is 0 Å². The lowest BCUT2D eigenvalue weighted by Gasteiger charge is -2.45. The molecule has 0 aromatic heterocycles. The number of rotatable bonds is 2. The van der Waals surface area contributed by atoms with Crippen molar-refractivity contribution in [2.45, 2.75) is 31.3 Å². The van der Waals surface area contributed by atoms with E-state index < -0.39 is 0 Å². The predicted octanol–water partition coefficient (Wildman–Crippen LogP) is 4.07. The van der Waals surface area contributed by atoms with Crippen molar-refractivity contribution in [3.63, 3.8) is 0 Å². The molecule has 2 aromatic carbocycles. The molecule has 0 N–H and O–H groups in total. The Morgan fingerprint density at radius 3 is 1.95 bits per heavy atom. The predicted molar refractivity (Wildman–Crippen MR) is 76.6 cm³/mol. The maximum atomic E-state index is 6.03. The van der Waals surface area contributed by atoms with Crippen LogP contribution >= 0.6 is 0 Å². The molecule has 0 saturated heterocycles. The Morgan fingerprint density at radius 1 is 0.895 bits per heavy atom. The first-order valence-corrected chi connectivity index (χ1v) is 7.19. The third-order valence-electron chi connectivity index (χ3n) is 4.63. The Bertz CT molecular complexity index is 569. The quantitative estimate of drug-likeness (QED) is 0.780. The Morgan fingerprint density at radius 2 is 1.42 bits per heavy atom. The normalized spacial score (nSPS) is 26.9. The molecule has 5 rings (SSSR count). The molecule has 0 radical (unpaired) electrons. The summed E-state index contributed by atoms with van der Waals surface area (Å²) >= 11 is 0. The Hall–Kier alpha value is -1.60. The molecule has 0 heterocycles. The van der Waals surface area contributed by atoms with E-state index in [9.17, 15) is 0 Å². The zero-order valence-electron chi connectivity index (χ0n) is 11.2. The van der Waals surface area contributed by atoms with Crippen molar-refractivity contribution in [2.75, 3.05) is 6.61 Å². The van der Waals surface area contributed by atoms with Gasteiger partial charge in [0.1, 0.15) is 0 Å². The summed E-state index contributed by atoms with van der Waals surface area (Å²) < 4.78 is 6.03. The van der Waals surface area contributed by atoms with Crippen molar-refractivity contribution in [3.8, 4) is 0 Å². The SMILES string of the molecule is CCOC1CC2c3ccccc3C1c1ccccc12. The van der Waals surface area contributed by atoms with Crippen LogP contribution in [0.5, 0.6) is 0 Å². The molecule has 0 aliphatic heterocycles. The first kappa shape index (κ1) is 11.2. The molecule has 96 valence electrons. The molecular weight excluding hydrogens is 232 g/mol. The topological polar surface area (TPSA) is 9.23 Å². The zero-order valence-corrected chi connectivity index (χ0v) is 11.2. The molecule has 0 saturated carbocycles. The van der Waals surface area contributed by atoms with E-state index in [1.165, 1.54) is 22.3 Å². The fourth-order valence-electron chi connectivity index (χ4n) is 3.96. The molecule has 0 fully saturated rings. The minimum absolute atomic E-state index is 0.347. The van der Waals surface area contributed by atoms with Gasteiger partial charge in [0.25, 0.3) is 0 Å². The van der Waals surface area contributed by atoms with Crippen LogP contribution in [0.2, 0.25) is 0 Å². The average molecular weight is 250 g/mol. The van der Waals surface area contributed by atoms with E-state index in [-0.39, 0.29) is 0 Å². The van der Waals surface area contributed by atoms with Gasteiger partial charge in [-0.2, -0.15) is 0 Å². The summed E-state index contributed by atoms with van der Waals surface area (Å²) in [6.07, 6.45) is 1.48. The second-order valence-electron chi connectivity index (χ2n) is 5.52. The van der Waals surface area contributed by atoms with Crippen molar-refractivity contribution in [1.29, 1.82) is 0 Å². The molecule has 1 heteroatoms. The molecule has 19 heavy (non-hydrogen) atoms. The minimum Gasteiger partial charge on any atom is -0.377 e. The van der Waals surface area contributed by atoms with Crippen molar-refractivity contribution >= 4 is 0 Å². The minimum atomic E-state index is 0.347. The van der Waals surface area contributed by atoms with Crippen LogP contribution in [0, 0.1) is 0 Å². The van der Waals surface area contributed by atoms with Crippen molar-refractivity contribution < 1.29 is 4.74 Å². The summed E-state index contributed by atoms with van der Waals surface area (Å²) in [5, 5.41) is 0. The summed E-state index contributed by atoms with van der Waals surface area (Å²) in [4.78, 5) is 0. The van der Waals surface area contributed by atoms with Gasteiger partial charge in [-0.1, -0.05) is 48.5 Å². The van der Waals surface area contributed by atoms with E-state index in [2.05, 4.69) is 55.5 Å². The number of benzene rings is 2. The van der Waals surface area contributed by atoms with Gasteiger partial charge in [0.2, 0.25) is 0 Å². The van der Waals surface area contributed by atoms with Crippen LogP contribution in [0.15, 0.2) is 48.5 Å². The molecule has 3 aliphatic rings. The highest BCUT2D eigenvalue weighted by Crippen LogP contribution is 2.53. The highest BCUT2D eigenvalue weighted by Gasteiger charge is 2.43. The van der Waals surface area contributed by atoms with Gasteiger partial charge in [-0.05, 0) is 35.6 Å². The largest absolute Gasteiger partial charge is 0.377 e. The fourth-order valence-corrected chi connectivity index (χ4v) is 3.96. The average Bonchev–Trinajstić information content (AvgIpc) is 2.48. The van der Waals surface area contributed by atoms with Crippen molar-refractivity contribution in [1.82, 2.24) is 0 Å². The van der Waals surface area contributed by atoms with Crippen LogP contribution in [0.25, 0.3) is 0 Å². The zero-order chi connectivity index (χ0) is 12.8. The lowest BCUT2D eigenvalue weighted by Crippen LogP contribution is -2.37. The van der Waals surface area contributed by atoms with E-state index >= 15 is 0 Å². The third kappa shape index (κ3) is 1.51. The summed E-state index contributed by atoms with van der Waals surface area (Å²) in [7, 11) is 0. The molecular formula is C18H18O. The monoisotopic (exact) mass is 250 g/mol. The molecule has 3 aliphatic carbocycles. The van der Waals surface area contributed by atoms with E-state index in [0.717, 1.165) is 13.0 Å². The molecule has 1 unspecified atom stereocenters. The lowest BCUT2D eigenvalue weighted by atomic mass is 9.62. The molecule has 0 amide bonds. The molecule has 1 nitrogen and oxygen atoms in total. The standard InChI is InChI=1S/C18H18O/c1-2-19-17-11-16-12-7-3-5-9-14(12)18(17)15-10-6-4-8-13(15)16/h3-10,16-18H,2,11H2,1H3. The number of ether oxygens (including phenoxy) is 1. The van der Waals surface area contributed by atoms with Gasteiger partial charge in [0, 0.05) is 18.4 Å². The van der Waals surface area contributed by atoms with Gasteiger partial charge in [-0.15, -0.1) is 0 Å². The van der Waals surface area contributed by atoms with Crippen LogP contribution in [0.4, 0.5) is 0 Å². The highest BCUT2D eigenvalue weighted by molar-refractivity contribution is 5.56. The summed E-state index contributed by atoms with van der Waals surface area (Å²) in [6, 6.07) is 17.8. The maximum Gasteiger partial charge on any atom is 0.0693 e. The van der Waals surface area contributed by atoms with Gasteiger partial charge >= 0.3 is 0 Å². The van der Waals surface area contributed by atoms with Crippen LogP contribution in [-0.2, 0) is 4.74 Å². The Balaban J connectivity index is 1.93. The van der Waals surface area contributed by atoms with E-state index in [1.807, 2.05) is 0 Å². The fraction of sp³-hybridized carbons (Fsp3) is 0.333. The first-order chi connectivity index (χ1) is 9.40. The molecule has 0 spiro atoms. The summed E-state index contributed by atoms with van der Waals surface area (Å²) in [6.45, 7) is 2.90. The Kier molecular flexibility index (Phi) is 2.49. The maximum absolute atomic E-state index is 6.03. The molecule has 2 aromatic rings. The second kappa shape index (κ2) is 4.21. The van der Waals surface area contributed by atoms with Gasteiger partial charge in [0.15, 0.2) is 0 Å². The molecule has 2 bridgehead atoms. The van der Waals surface area contributed by atoms with Crippen LogP contribution in [-0.4, -0.2) is 12.7 Å². The first-order valence-electron chi connectivity index (χ1n) is 7.19. The number of hydrogen-bond donors (Lipinski definition) is 0. The third-order valence-corrected chi connectivity index (χ3v) is 4.63. The van der Waals surface area contributed by atoms with Crippen LogP contribution in [0.1, 0.15) is 47.4 Å². The number of hydrogen-bond acceptors (Lipinski definition) is 1. The highest BCUT2D eigenvalue weighted by atomic mass is 16.5. The van der Waals surface area contributed by atoms with Gasteiger partial charge in [-0.25, -0.2) is 0 Å². The summed E-state index contributed by atoms with van der Waals surface area (Å²) in [5.74, 6) is 0.950.